The van der Waals surface area contributed by atoms with E-state index in [4.69, 9.17) is 9.47 Å². The molecule has 138 valence electrons. The van der Waals surface area contributed by atoms with Crippen molar-refractivity contribution in [3.63, 3.8) is 0 Å². The SMILES string of the molecule is CC(C)(C)OC(=O)N([C@H]1CC[C@@H]2O[C@@H]21)S(=O)(=O)c1ccccc1NO. The standard InChI is InChI=1S/C16H22N2O6S/c1-16(2,3)24-15(19)18(11-8-9-12-14(11)23-12)25(21,22)13-7-5-4-6-10(13)17-20/h4-7,11-12,14,17,20H,8-9H2,1-3H3/t11-,12-,14+/m0/s1. The average molecular weight is 370 g/mol. The minimum absolute atomic E-state index is 0.00338. The summed E-state index contributed by atoms with van der Waals surface area (Å²) in [6.45, 7) is 5.01. The highest BCUT2D eigenvalue weighted by Crippen LogP contribution is 2.43. The summed E-state index contributed by atoms with van der Waals surface area (Å²) in [7, 11) is -4.25. The Morgan fingerprint density at radius 1 is 1.32 bits per heavy atom. The molecule has 0 bridgehead atoms. The fourth-order valence-corrected chi connectivity index (χ4v) is 4.76. The molecule has 0 radical (unpaired) electrons. The van der Waals surface area contributed by atoms with Crippen molar-refractivity contribution in [2.75, 3.05) is 5.48 Å². The molecule has 0 unspecified atom stereocenters. The van der Waals surface area contributed by atoms with Crippen molar-refractivity contribution in [1.82, 2.24) is 4.31 Å². The number of ether oxygens (including phenoxy) is 2. The van der Waals surface area contributed by atoms with Crippen LogP contribution >= 0.6 is 0 Å². The minimum Gasteiger partial charge on any atom is -0.443 e. The Morgan fingerprint density at radius 2 is 2.00 bits per heavy atom. The highest BCUT2D eigenvalue weighted by Gasteiger charge is 2.57. The summed E-state index contributed by atoms with van der Waals surface area (Å²) in [5.74, 6) is 0. The molecule has 2 N–H and O–H groups in total. The van der Waals surface area contributed by atoms with E-state index < -0.39 is 27.8 Å². The molecule has 1 aromatic carbocycles. The molecule has 1 heterocycles. The number of benzene rings is 1. The third kappa shape index (κ3) is 3.44. The van der Waals surface area contributed by atoms with Gasteiger partial charge in [0.25, 0.3) is 10.0 Å². The number of nitrogens with one attached hydrogen (secondary N) is 1. The summed E-state index contributed by atoms with van der Waals surface area (Å²) in [5.41, 5.74) is 1.01. The predicted octanol–water partition coefficient (Wildman–Crippen LogP) is 2.34. The van der Waals surface area contributed by atoms with Gasteiger partial charge >= 0.3 is 6.09 Å². The van der Waals surface area contributed by atoms with E-state index in [-0.39, 0.29) is 22.8 Å². The number of para-hydroxylation sites is 1. The van der Waals surface area contributed by atoms with Crippen LogP contribution in [0.5, 0.6) is 0 Å². The number of hydrogen-bond donors (Lipinski definition) is 2. The number of fused-ring (bicyclic) bond motifs is 1. The number of carbonyl (C=O) groups is 1. The molecule has 0 spiro atoms. The van der Waals surface area contributed by atoms with Crippen LogP contribution in [0.15, 0.2) is 29.2 Å². The molecule has 2 fully saturated rings. The summed E-state index contributed by atoms with van der Waals surface area (Å²) >= 11 is 0. The van der Waals surface area contributed by atoms with Crippen molar-refractivity contribution >= 4 is 21.8 Å². The Balaban J connectivity index is 2.02. The molecule has 1 aliphatic heterocycles. The zero-order chi connectivity index (χ0) is 18.4. The maximum Gasteiger partial charge on any atom is 0.424 e. The molecular formula is C16H22N2O6S. The fourth-order valence-electron chi connectivity index (χ4n) is 3.09. The van der Waals surface area contributed by atoms with Crippen LogP contribution in [-0.2, 0) is 19.5 Å². The van der Waals surface area contributed by atoms with Crippen molar-refractivity contribution in [3.8, 4) is 0 Å². The summed E-state index contributed by atoms with van der Waals surface area (Å²) in [4.78, 5) is 12.5. The summed E-state index contributed by atoms with van der Waals surface area (Å²) < 4.78 is 38.0. The Bertz CT molecular complexity index is 773. The Morgan fingerprint density at radius 3 is 2.52 bits per heavy atom. The van der Waals surface area contributed by atoms with E-state index in [2.05, 4.69) is 0 Å². The first-order valence-corrected chi connectivity index (χ1v) is 9.51. The Kier molecular flexibility index (Phi) is 4.42. The van der Waals surface area contributed by atoms with Gasteiger partial charge in [-0.25, -0.2) is 13.2 Å². The number of nitrogens with zero attached hydrogens (tertiary/aromatic N) is 1. The lowest BCUT2D eigenvalue weighted by atomic mass is 10.2. The van der Waals surface area contributed by atoms with E-state index in [1.807, 2.05) is 5.48 Å². The van der Waals surface area contributed by atoms with Crippen molar-refractivity contribution in [2.24, 2.45) is 0 Å². The molecule has 1 saturated heterocycles. The summed E-state index contributed by atoms with van der Waals surface area (Å²) in [6, 6.07) is 5.21. The van der Waals surface area contributed by atoms with E-state index in [0.717, 1.165) is 4.31 Å². The highest BCUT2D eigenvalue weighted by molar-refractivity contribution is 7.89. The van der Waals surface area contributed by atoms with Crippen LogP contribution in [0.3, 0.4) is 0 Å². The molecule has 8 nitrogen and oxygen atoms in total. The van der Waals surface area contributed by atoms with Crippen LogP contribution in [0.1, 0.15) is 33.6 Å². The van der Waals surface area contributed by atoms with Gasteiger partial charge in [-0.1, -0.05) is 12.1 Å². The molecular weight excluding hydrogens is 348 g/mol. The molecule has 1 saturated carbocycles. The lowest BCUT2D eigenvalue weighted by Gasteiger charge is -2.31. The largest absolute Gasteiger partial charge is 0.443 e. The maximum atomic E-state index is 13.2. The molecule has 3 atom stereocenters. The number of amides is 1. The quantitative estimate of drug-likeness (QED) is 0.618. The number of epoxide rings is 1. The Labute approximate surface area is 146 Å². The third-order valence-corrected chi connectivity index (χ3v) is 6.02. The van der Waals surface area contributed by atoms with Crippen LogP contribution in [0.2, 0.25) is 0 Å². The number of sulfonamides is 1. The first kappa shape index (κ1) is 18.0. The lowest BCUT2D eigenvalue weighted by molar-refractivity contribution is 0.0311. The zero-order valence-corrected chi connectivity index (χ0v) is 15.1. The third-order valence-electron chi connectivity index (χ3n) is 4.17. The van der Waals surface area contributed by atoms with Crippen molar-refractivity contribution in [3.05, 3.63) is 24.3 Å². The number of hydrogen-bond acceptors (Lipinski definition) is 7. The first-order valence-electron chi connectivity index (χ1n) is 8.07. The summed E-state index contributed by atoms with van der Waals surface area (Å²) in [6.07, 6.45) is -0.0266. The summed E-state index contributed by atoms with van der Waals surface area (Å²) in [5, 5.41) is 9.24. The van der Waals surface area contributed by atoms with Gasteiger partial charge in [0.2, 0.25) is 0 Å². The van der Waals surface area contributed by atoms with E-state index in [9.17, 15) is 18.4 Å². The second kappa shape index (κ2) is 6.15. The smallest absolute Gasteiger partial charge is 0.424 e. The molecule has 3 rings (SSSR count). The van der Waals surface area contributed by atoms with Crippen molar-refractivity contribution in [1.29, 1.82) is 0 Å². The topological polar surface area (TPSA) is 108 Å². The zero-order valence-electron chi connectivity index (χ0n) is 14.3. The molecule has 0 aromatic heterocycles. The minimum atomic E-state index is -4.25. The van der Waals surface area contributed by atoms with Crippen LogP contribution in [0.25, 0.3) is 0 Å². The number of anilines is 1. The van der Waals surface area contributed by atoms with Crippen LogP contribution in [0.4, 0.5) is 10.5 Å². The van der Waals surface area contributed by atoms with Gasteiger partial charge in [0, 0.05) is 0 Å². The monoisotopic (exact) mass is 370 g/mol. The van der Waals surface area contributed by atoms with Crippen molar-refractivity contribution in [2.45, 2.75) is 62.4 Å². The van der Waals surface area contributed by atoms with Crippen molar-refractivity contribution < 1.29 is 27.9 Å². The highest BCUT2D eigenvalue weighted by atomic mass is 32.2. The van der Waals surface area contributed by atoms with E-state index in [1.54, 1.807) is 26.8 Å². The van der Waals surface area contributed by atoms with Gasteiger partial charge in [0.05, 0.1) is 17.8 Å². The number of carbonyl (C=O) groups excluding carboxylic acids is 1. The van der Waals surface area contributed by atoms with Gasteiger partial charge < -0.3 is 9.47 Å². The van der Waals surface area contributed by atoms with Gasteiger partial charge in [-0.15, -0.1) is 0 Å². The van der Waals surface area contributed by atoms with Crippen LogP contribution in [-0.4, -0.2) is 47.9 Å². The molecule has 25 heavy (non-hydrogen) atoms. The van der Waals surface area contributed by atoms with Crippen LogP contribution < -0.4 is 5.48 Å². The molecule has 2 aliphatic rings. The predicted molar refractivity (Wildman–Crippen MR) is 88.8 cm³/mol. The first-order chi connectivity index (χ1) is 11.6. The maximum absolute atomic E-state index is 13.2. The molecule has 1 aliphatic carbocycles. The number of rotatable bonds is 4. The van der Waals surface area contributed by atoms with Gasteiger partial charge in [-0.3, -0.25) is 10.7 Å². The second-order valence-corrected chi connectivity index (χ2v) is 8.96. The van der Waals surface area contributed by atoms with E-state index >= 15 is 0 Å². The van der Waals surface area contributed by atoms with Crippen LogP contribution in [0, 0.1) is 0 Å². The van der Waals surface area contributed by atoms with Gasteiger partial charge in [0.15, 0.2) is 0 Å². The van der Waals surface area contributed by atoms with E-state index in [0.29, 0.717) is 12.8 Å². The van der Waals surface area contributed by atoms with E-state index in [1.165, 1.54) is 18.2 Å². The molecule has 9 heteroatoms. The average Bonchev–Trinajstić information content (AvgIpc) is 3.19. The molecule has 1 aromatic rings. The molecule has 1 amide bonds. The fraction of sp³-hybridized carbons (Fsp3) is 0.562. The van der Waals surface area contributed by atoms with Gasteiger partial charge in [-0.05, 0) is 45.7 Å². The second-order valence-electron chi connectivity index (χ2n) is 7.17. The lowest BCUT2D eigenvalue weighted by Crippen LogP contribution is -2.48. The normalized spacial score (nSPS) is 25.2. The van der Waals surface area contributed by atoms with Gasteiger partial charge in [0.1, 0.15) is 16.6 Å². The van der Waals surface area contributed by atoms with Gasteiger partial charge in [-0.2, -0.15) is 4.31 Å². The Hall–Kier alpha value is -1.84.